The number of aromatic amines is 1. The zero-order valence-corrected chi connectivity index (χ0v) is 13.5. The zero-order chi connectivity index (χ0) is 16.1. The number of aromatic nitrogens is 3. The van der Waals surface area contributed by atoms with Crippen molar-refractivity contribution in [1.29, 1.82) is 0 Å². The Kier molecular flexibility index (Phi) is 4.97. The molecule has 3 rings (SSSR count). The molecule has 2 amide bonds. The summed E-state index contributed by atoms with van der Waals surface area (Å²) in [6.07, 6.45) is 7.59. The summed E-state index contributed by atoms with van der Waals surface area (Å²) in [6.45, 7) is 6.80. The number of hydrogen-bond donors (Lipinski definition) is 2. The summed E-state index contributed by atoms with van der Waals surface area (Å²) in [5, 5.41) is 3.01. The fraction of sp³-hybridized carbons (Fsp3) is 0.500. The number of amides is 2. The Hall–Kier alpha value is -2.28. The average Bonchev–Trinajstić information content (AvgIpc) is 3.27. The van der Waals surface area contributed by atoms with Gasteiger partial charge in [-0.15, -0.1) is 0 Å². The van der Waals surface area contributed by atoms with Gasteiger partial charge in [0, 0.05) is 57.5 Å². The molecular weight excluding hydrogens is 292 g/mol. The quantitative estimate of drug-likeness (QED) is 0.873. The Morgan fingerprint density at radius 3 is 2.91 bits per heavy atom. The van der Waals surface area contributed by atoms with Gasteiger partial charge in [0.25, 0.3) is 0 Å². The van der Waals surface area contributed by atoms with Gasteiger partial charge in [-0.1, -0.05) is 6.92 Å². The smallest absolute Gasteiger partial charge is 0.317 e. The van der Waals surface area contributed by atoms with Crippen LogP contribution in [0.2, 0.25) is 0 Å². The van der Waals surface area contributed by atoms with Crippen LogP contribution in [-0.4, -0.2) is 63.1 Å². The van der Waals surface area contributed by atoms with Crippen LogP contribution in [0.4, 0.5) is 4.79 Å². The maximum Gasteiger partial charge on any atom is 0.317 e. The summed E-state index contributed by atoms with van der Waals surface area (Å²) < 4.78 is 2.06. The van der Waals surface area contributed by atoms with Gasteiger partial charge in [-0.05, 0) is 18.7 Å². The van der Waals surface area contributed by atoms with Gasteiger partial charge in [0.1, 0.15) is 5.82 Å². The van der Waals surface area contributed by atoms with Crippen molar-refractivity contribution >= 4 is 6.03 Å². The number of carbonyl (C=O) groups excluding carboxylic acids is 1. The Bertz CT molecular complexity index is 594. The second-order valence-electron chi connectivity index (χ2n) is 5.72. The standard InChI is InChI=1S/C16H24N6O/c1-2-21-11-12-22(13-14(21)15-17-5-6-18-15)16(23)19-7-10-20-8-3-4-9-20/h3-6,8-9,14H,2,7,10-13H2,1H3,(H,17,18)(H,19,23). The van der Waals surface area contributed by atoms with Crippen LogP contribution >= 0.6 is 0 Å². The van der Waals surface area contributed by atoms with Crippen LogP contribution in [-0.2, 0) is 6.54 Å². The van der Waals surface area contributed by atoms with Gasteiger partial charge in [0.05, 0.1) is 6.04 Å². The van der Waals surface area contributed by atoms with Crippen molar-refractivity contribution in [3.8, 4) is 0 Å². The topological polar surface area (TPSA) is 69.2 Å². The summed E-state index contributed by atoms with van der Waals surface area (Å²) in [7, 11) is 0. The Morgan fingerprint density at radius 1 is 1.39 bits per heavy atom. The second-order valence-corrected chi connectivity index (χ2v) is 5.72. The summed E-state index contributed by atoms with van der Waals surface area (Å²) >= 11 is 0. The Balaban J connectivity index is 1.54. The third kappa shape index (κ3) is 3.73. The van der Waals surface area contributed by atoms with E-state index in [9.17, 15) is 4.79 Å². The number of imidazole rings is 1. The highest BCUT2D eigenvalue weighted by atomic mass is 16.2. The van der Waals surface area contributed by atoms with E-state index in [1.807, 2.05) is 35.6 Å². The van der Waals surface area contributed by atoms with E-state index in [4.69, 9.17) is 0 Å². The van der Waals surface area contributed by atoms with E-state index in [0.29, 0.717) is 13.1 Å². The lowest BCUT2D eigenvalue weighted by molar-refractivity contribution is 0.0897. The average molecular weight is 316 g/mol. The molecule has 0 bridgehead atoms. The van der Waals surface area contributed by atoms with Crippen LogP contribution in [0.1, 0.15) is 18.8 Å². The summed E-state index contributed by atoms with van der Waals surface area (Å²) in [4.78, 5) is 24.2. The predicted octanol–water partition coefficient (Wildman–Crippen LogP) is 1.30. The van der Waals surface area contributed by atoms with Crippen molar-refractivity contribution in [1.82, 2.24) is 29.7 Å². The summed E-state index contributed by atoms with van der Waals surface area (Å²) in [5.41, 5.74) is 0. The number of hydrogen-bond acceptors (Lipinski definition) is 3. The molecule has 1 atom stereocenters. The van der Waals surface area contributed by atoms with Crippen LogP contribution in [0, 0.1) is 0 Å². The summed E-state index contributed by atoms with van der Waals surface area (Å²) in [5.74, 6) is 0.927. The number of piperazine rings is 1. The molecule has 1 fully saturated rings. The molecule has 0 aromatic carbocycles. The minimum absolute atomic E-state index is 0.00413. The van der Waals surface area contributed by atoms with Crippen molar-refractivity contribution < 1.29 is 4.79 Å². The molecule has 1 aliphatic rings. The number of rotatable bonds is 5. The highest BCUT2D eigenvalue weighted by Gasteiger charge is 2.30. The van der Waals surface area contributed by atoms with Gasteiger partial charge in [0.2, 0.25) is 0 Å². The highest BCUT2D eigenvalue weighted by Crippen LogP contribution is 2.22. The maximum absolute atomic E-state index is 12.4. The van der Waals surface area contributed by atoms with Gasteiger partial charge in [-0.2, -0.15) is 0 Å². The molecule has 23 heavy (non-hydrogen) atoms. The molecule has 7 heteroatoms. The molecule has 0 spiro atoms. The molecule has 1 unspecified atom stereocenters. The van der Waals surface area contributed by atoms with Crippen molar-refractivity contribution in [2.45, 2.75) is 19.5 Å². The Morgan fingerprint density at radius 2 is 2.22 bits per heavy atom. The molecule has 2 aromatic rings. The van der Waals surface area contributed by atoms with Crippen molar-refractivity contribution in [2.75, 3.05) is 32.7 Å². The minimum Gasteiger partial charge on any atom is -0.353 e. The number of H-pyrrole nitrogens is 1. The van der Waals surface area contributed by atoms with Crippen LogP contribution in [0.3, 0.4) is 0 Å². The van der Waals surface area contributed by atoms with Crippen LogP contribution in [0.25, 0.3) is 0 Å². The number of urea groups is 1. The first-order valence-electron chi connectivity index (χ1n) is 8.14. The summed E-state index contributed by atoms with van der Waals surface area (Å²) in [6, 6.07) is 4.11. The van der Waals surface area contributed by atoms with E-state index in [-0.39, 0.29) is 12.1 Å². The zero-order valence-electron chi connectivity index (χ0n) is 13.5. The van der Waals surface area contributed by atoms with Gasteiger partial charge < -0.3 is 19.8 Å². The predicted molar refractivity (Wildman–Crippen MR) is 88.0 cm³/mol. The van der Waals surface area contributed by atoms with Crippen molar-refractivity contribution in [2.24, 2.45) is 0 Å². The third-order valence-corrected chi connectivity index (χ3v) is 4.33. The number of likely N-dealkylation sites (N-methyl/N-ethyl adjacent to an activating group) is 1. The lowest BCUT2D eigenvalue weighted by Gasteiger charge is -2.39. The van der Waals surface area contributed by atoms with Crippen LogP contribution < -0.4 is 5.32 Å². The van der Waals surface area contributed by atoms with Gasteiger partial charge in [0.15, 0.2) is 0 Å². The first-order valence-corrected chi connectivity index (χ1v) is 8.14. The molecular formula is C16H24N6O. The minimum atomic E-state index is 0.00413. The number of nitrogens with zero attached hydrogens (tertiary/aromatic N) is 4. The molecule has 0 saturated carbocycles. The molecule has 124 valence electrons. The van der Waals surface area contributed by atoms with Crippen LogP contribution in [0.15, 0.2) is 36.9 Å². The number of nitrogens with one attached hydrogen (secondary N) is 2. The van der Waals surface area contributed by atoms with E-state index >= 15 is 0 Å². The fourth-order valence-corrected chi connectivity index (χ4v) is 3.03. The molecule has 2 aromatic heterocycles. The molecule has 7 nitrogen and oxygen atoms in total. The maximum atomic E-state index is 12.4. The first-order chi connectivity index (χ1) is 11.3. The van der Waals surface area contributed by atoms with Crippen molar-refractivity contribution in [3.63, 3.8) is 0 Å². The van der Waals surface area contributed by atoms with Crippen LogP contribution in [0.5, 0.6) is 0 Å². The lowest BCUT2D eigenvalue weighted by atomic mass is 10.1. The lowest BCUT2D eigenvalue weighted by Crippen LogP contribution is -2.53. The first kappa shape index (κ1) is 15.6. The highest BCUT2D eigenvalue weighted by molar-refractivity contribution is 5.74. The third-order valence-electron chi connectivity index (χ3n) is 4.33. The molecule has 2 N–H and O–H groups in total. The fourth-order valence-electron chi connectivity index (χ4n) is 3.03. The van der Waals surface area contributed by atoms with Gasteiger partial charge in [-0.25, -0.2) is 9.78 Å². The largest absolute Gasteiger partial charge is 0.353 e. The van der Waals surface area contributed by atoms with Gasteiger partial charge in [-0.3, -0.25) is 4.90 Å². The monoisotopic (exact) mass is 316 g/mol. The molecule has 0 aliphatic carbocycles. The Labute approximate surface area is 136 Å². The van der Waals surface area contributed by atoms with E-state index in [2.05, 4.69) is 31.7 Å². The molecule has 1 saturated heterocycles. The van der Waals surface area contributed by atoms with E-state index in [0.717, 1.165) is 32.0 Å². The normalized spacial score (nSPS) is 19.0. The molecule has 1 aliphatic heterocycles. The SMILES string of the molecule is CCN1CCN(C(=O)NCCn2cccc2)CC1c1ncc[nH]1. The van der Waals surface area contributed by atoms with E-state index in [1.165, 1.54) is 0 Å². The van der Waals surface area contributed by atoms with E-state index < -0.39 is 0 Å². The van der Waals surface area contributed by atoms with E-state index in [1.54, 1.807) is 6.20 Å². The second kappa shape index (κ2) is 7.32. The number of carbonyl (C=O) groups is 1. The van der Waals surface area contributed by atoms with Crippen molar-refractivity contribution in [3.05, 3.63) is 42.7 Å². The molecule has 3 heterocycles. The van der Waals surface area contributed by atoms with Gasteiger partial charge >= 0.3 is 6.03 Å². The molecule has 0 radical (unpaired) electrons.